The smallest absolute Gasteiger partial charge is 0.271 e. The molecule has 0 bridgehead atoms. The quantitative estimate of drug-likeness (QED) is 0.794. The van der Waals surface area contributed by atoms with E-state index in [1.54, 1.807) is 6.07 Å². The van der Waals surface area contributed by atoms with Crippen LogP contribution < -0.4 is 10.6 Å². The Kier molecular flexibility index (Phi) is 7.83. The van der Waals surface area contributed by atoms with Crippen LogP contribution in [0.1, 0.15) is 46.5 Å². The molecule has 1 aromatic carbocycles. The summed E-state index contributed by atoms with van der Waals surface area (Å²) in [6.07, 6.45) is 4.16. The van der Waals surface area contributed by atoms with Crippen molar-refractivity contribution in [3.63, 3.8) is 0 Å². The first-order valence-electron chi connectivity index (χ1n) is 9.31. The molecule has 7 heteroatoms. The number of amides is 1. The van der Waals surface area contributed by atoms with Gasteiger partial charge in [-0.15, -0.1) is 12.4 Å². The predicted octanol–water partition coefficient (Wildman–Crippen LogP) is 2.57. The third kappa shape index (κ3) is 5.54. The molecule has 1 fully saturated rings. The number of piperidine rings is 1. The fourth-order valence-corrected chi connectivity index (χ4v) is 3.39. The van der Waals surface area contributed by atoms with Crippen LogP contribution in [0.2, 0.25) is 0 Å². The zero-order valence-corrected chi connectivity index (χ0v) is 17.1. The molecule has 0 aliphatic carbocycles. The van der Waals surface area contributed by atoms with E-state index in [2.05, 4.69) is 51.8 Å². The Labute approximate surface area is 167 Å². The van der Waals surface area contributed by atoms with Gasteiger partial charge in [0.25, 0.3) is 5.91 Å². The first-order valence-corrected chi connectivity index (χ1v) is 9.31. The molecule has 2 atom stereocenters. The molecule has 2 aromatic rings. The van der Waals surface area contributed by atoms with E-state index in [9.17, 15) is 4.79 Å². The Morgan fingerprint density at radius 1 is 1.33 bits per heavy atom. The Bertz CT molecular complexity index is 722. The number of rotatable bonds is 6. The van der Waals surface area contributed by atoms with Crippen molar-refractivity contribution in [3.05, 3.63) is 53.3 Å². The van der Waals surface area contributed by atoms with Crippen molar-refractivity contribution >= 4 is 18.3 Å². The number of benzene rings is 1. The molecular formula is C20H30ClN5O. The van der Waals surface area contributed by atoms with Crippen molar-refractivity contribution in [2.24, 2.45) is 0 Å². The van der Waals surface area contributed by atoms with Gasteiger partial charge in [0, 0.05) is 19.3 Å². The molecule has 27 heavy (non-hydrogen) atoms. The second-order valence-corrected chi connectivity index (χ2v) is 7.28. The Morgan fingerprint density at radius 3 is 2.70 bits per heavy atom. The fourth-order valence-electron chi connectivity index (χ4n) is 3.39. The normalized spacial score (nSPS) is 18.0. The van der Waals surface area contributed by atoms with Crippen LogP contribution in [0.15, 0.2) is 36.5 Å². The lowest BCUT2D eigenvalue weighted by molar-refractivity contribution is 0.0935. The lowest BCUT2D eigenvalue weighted by Crippen LogP contribution is -2.35. The van der Waals surface area contributed by atoms with Gasteiger partial charge in [0.15, 0.2) is 0 Å². The first-order chi connectivity index (χ1) is 12.5. The number of aryl methyl sites for hydroxylation is 1. The van der Waals surface area contributed by atoms with Gasteiger partial charge in [-0.2, -0.15) is 5.10 Å². The first kappa shape index (κ1) is 21.4. The van der Waals surface area contributed by atoms with E-state index in [0.717, 1.165) is 25.9 Å². The average Bonchev–Trinajstić information content (AvgIpc) is 3.14. The van der Waals surface area contributed by atoms with Gasteiger partial charge in [0.05, 0.1) is 12.1 Å². The number of halogens is 1. The van der Waals surface area contributed by atoms with Gasteiger partial charge in [0.2, 0.25) is 0 Å². The van der Waals surface area contributed by atoms with Crippen molar-refractivity contribution in [3.8, 4) is 0 Å². The molecule has 0 saturated carbocycles. The number of carbonyl (C=O) groups is 1. The van der Waals surface area contributed by atoms with Crippen molar-refractivity contribution in [2.45, 2.75) is 31.8 Å². The second kappa shape index (κ2) is 9.88. The lowest BCUT2D eigenvalue weighted by Gasteiger charge is -2.25. The summed E-state index contributed by atoms with van der Waals surface area (Å²) in [6, 6.07) is 10.7. The summed E-state index contributed by atoms with van der Waals surface area (Å²) in [5, 5.41) is 10.9. The van der Waals surface area contributed by atoms with Crippen molar-refractivity contribution in [1.82, 2.24) is 25.3 Å². The highest BCUT2D eigenvalue weighted by atomic mass is 35.5. The standard InChI is InChI=1S/C20H29N5O.ClH/c1-15-6-8-16(9-7-15)19(24(2)3)14-22-20(26)18-10-12-25(23-18)17-5-4-11-21-13-17;/h6-10,12,17,19,21H,4-5,11,13-14H2,1-3H3,(H,22,26);1H. The molecular weight excluding hydrogens is 362 g/mol. The van der Waals surface area contributed by atoms with Crippen LogP contribution in [0.4, 0.5) is 0 Å². The highest BCUT2D eigenvalue weighted by Crippen LogP contribution is 2.18. The molecule has 2 unspecified atom stereocenters. The maximum atomic E-state index is 12.5. The molecule has 1 aromatic heterocycles. The third-order valence-electron chi connectivity index (χ3n) is 5.03. The fraction of sp³-hybridized carbons (Fsp3) is 0.500. The van der Waals surface area contributed by atoms with E-state index in [4.69, 9.17) is 0 Å². The van der Waals surface area contributed by atoms with Crippen LogP contribution in [-0.2, 0) is 0 Å². The monoisotopic (exact) mass is 391 g/mol. The SMILES string of the molecule is Cc1ccc(C(CNC(=O)c2ccn(C3CCCNC3)n2)N(C)C)cc1.Cl. The molecule has 1 amide bonds. The Hall–Kier alpha value is -1.89. The topological polar surface area (TPSA) is 62.2 Å². The lowest BCUT2D eigenvalue weighted by atomic mass is 10.0. The number of carbonyl (C=O) groups excluding carboxylic acids is 1. The minimum Gasteiger partial charge on any atom is -0.349 e. The van der Waals surface area contributed by atoms with E-state index in [0.29, 0.717) is 18.3 Å². The molecule has 3 rings (SSSR count). The number of likely N-dealkylation sites (N-methyl/N-ethyl adjacent to an activating group) is 1. The summed E-state index contributed by atoms with van der Waals surface area (Å²) < 4.78 is 1.92. The van der Waals surface area contributed by atoms with Gasteiger partial charge in [-0.1, -0.05) is 29.8 Å². The summed E-state index contributed by atoms with van der Waals surface area (Å²) in [4.78, 5) is 14.7. The summed E-state index contributed by atoms with van der Waals surface area (Å²) in [6.45, 7) is 4.61. The van der Waals surface area contributed by atoms with Gasteiger partial charge in [0.1, 0.15) is 5.69 Å². The maximum Gasteiger partial charge on any atom is 0.271 e. The molecule has 0 spiro atoms. The van der Waals surface area contributed by atoms with Crippen LogP contribution in [0, 0.1) is 6.92 Å². The van der Waals surface area contributed by atoms with Gasteiger partial charge in [-0.05, 0) is 52.0 Å². The second-order valence-electron chi connectivity index (χ2n) is 7.28. The summed E-state index contributed by atoms with van der Waals surface area (Å²) in [7, 11) is 4.06. The highest BCUT2D eigenvalue weighted by Gasteiger charge is 2.19. The van der Waals surface area contributed by atoms with E-state index >= 15 is 0 Å². The number of hydrogen-bond donors (Lipinski definition) is 2. The largest absolute Gasteiger partial charge is 0.349 e. The van der Waals surface area contributed by atoms with E-state index in [-0.39, 0.29) is 24.4 Å². The van der Waals surface area contributed by atoms with E-state index < -0.39 is 0 Å². The molecule has 148 valence electrons. The summed E-state index contributed by atoms with van der Waals surface area (Å²) in [5.74, 6) is -0.119. The van der Waals surface area contributed by atoms with Gasteiger partial charge < -0.3 is 15.5 Å². The van der Waals surface area contributed by atoms with Crippen LogP contribution in [0.5, 0.6) is 0 Å². The zero-order valence-electron chi connectivity index (χ0n) is 16.3. The van der Waals surface area contributed by atoms with Crippen LogP contribution in [0.3, 0.4) is 0 Å². The Morgan fingerprint density at radius 2 is 2.07 bits per heavy atom. The number of nitrogens with zero attached hydrogens (tertiary/aromatic N) is 3. The van der Waals surface area contributed by atoms with Crippen LogP contribution >= 0.6 is 12.4 Å². The van der Waals surface area contributed by atoms with Gasteiger partial charge in [-0.25, -0.2) is 0 Å². The van der Waals surface area contributed by atoms with E-state index in [1.165, 1.54) is 11.1 Å². The van der Waals surface area contributed by atoms with Crippen molar-refractivity contribution in [1.29, 1.82) is 0 Å². The summed E-state index contributed by atoms with van der Waals surface area (Å²) in [5.41, 5.74) is 2.91. The minimum atomic E-state index is -0.119. The summed E-state index contributed by atoms with van der Waals surface area (Å²) >= 11 is 0. The molecule has 1 saturated heterocycles. The van der Waals surface area contributed by atoms with Crippen molar-refractivity contribution in [2.75, 3.05) is 33.7 Å². The predicted molar refractivity (Wildman–Crippen MR) is 111 cm³/mol. The highest BCUT2D eigenvalue weighted by molar-refractivity contribution is 5.92. The van der Waals surface area contributed by atoms with Gasteiger partial charge in [-0.3, -0.25) is 9.48 Å². The van der Waals surface area contributed by atoms with Gasteiger partial charge >= 0.3 is 0 Å². The van der Waals surface area contributed by atoms with Crippen LogP contribution in [-0.4, -0.2) is 54.3 Å². The molecule has 1 aliphatic rings. The third-order valence-corrected chi connectivity index (χ3v) is 5.03. The zero-order chi connectivity index (χ0) is 18.5. The number of aromatic nitrogens is 2. The number of hydrogen-bond acceptors (Lipinski definition) is 4. The molecule has 6 nitrogen and oxygen atoms in total. The van der Waals surface area contributed by atoms with E-state index in [1.807, 2.05) is 25.0 Å². The molecule has 2 N–H and O–H groups in total. The average molecular weight is 392 g/mol. The molecule has 2 heterocycles. The molecule has 1 aliphatic heterocycles. The van der Waals surface area contributed by atoms with Crippen LogP contribution in [0.25, 0.3) is 0 Å². The molecule has 0 radical (unpaired) electrons. The number of nitrogens with one attached hydrogen (secondary N) is 2. The minimum absolute atomic E-state index is 0. The van der Waals surface area contributed by atoms with Crippen molar-refractivity contribution < 1.29 is 4.79 Å². The maximum absolute atomic E-state index is 12.5. The Balaban J connectivity index is 0.00000261.